The van der Waals surface area contributed by atoms with Gasteiger partial charge in [-0.3, -0.25) is 107 Å². The number of hydrazine groups is 3. The van der Waals surface area contributed by atoms with E-state index in [9.17, 15) is 126 Å². The number of thiol groups is 3. The Hall–Kier alpha value is -10.4. The first-order valence-electron chi connectivity index (χ1n) is 37.6. The van der Waals surface area contributed by atoms with Crippen molar-refractivity contribution in [3.8, 4) is 0 Å². The number of carboxylic acid groups (broad SMARTS) is 4. The van der Waals surface area contributed by atoms with Crippen molar-refractivity contribution in [1.29, 1.82) is 0 Å². The number of aliphatic hydroxyl groups is 1. The number of carbonyl (C=O) groups is 20. The lowest BCUT2D eigenvalue weighted by Crippen LogP contribution is -2.62. The van der Waals surface area contributed by atoms with Gasteiger partial charge in [0.15, 0.2) is 11.6 Å². The van der Waals surface area contributed by atoms with E-state index in [2.05, 4.69) is 129 Å². The van der Waals surface area contributed by atoms with Gasteiger partial charge in [-0.25, -0.2) is 36.7 Å². The number of nitro groups is 1. The highest BCUT2D eigenvalue weighted by Gasteiger charge is 2.40. The van der Waals surface area contributed by atoms with Crippen LogP contribution >= 0.6 is 37.9 Å². The van der Waals surface area contributed by atoms with Crippen LogP contribution in [-0.2, 0) is 102 Å². The van der Waals surface area contributed by atoms with Crippen LogP contribution < -0.4 is 120 Å². The molecular formula is C66H111N25O27S3. The number of hydrogen-bond acceptors (Lipinski definition) is 38. The van der Waals surface area contributed by atoms with Crippen molar-refractivity contribution in [3.63, 3.8) is 0 Å². The fraction of sp³-hybridized carbons (Fsp3) is 0.652. The largest absolute Gasteiger partial charge is 0.481 e. The molecule has 0 aliphatic rings. The van der Waals surface area contributed by atoms with E-state index in [0.29, 0.717) is 0 Å². The lowest BCUT2D eigenvalue weighted by molar-refractivity contribution is -0.392. The summed E-state index contributed by atoms with van der Waals surface area (Å²) in [5.41, 5.74) is 48.1. The minimum atomic E-state index is -2.15. The van der Waals surface area contributed by atoms with Gasteiger partial charge >= 0.3 is 29.7 Å². The molecule has 121 heavy (non-hydrogen) atoms. The lowest BCUT2D eigenvalue weighted by Gasteiger charge is -2.27. The molecule has 0 saturated heterocycles. The van der Waals surface area contributed by atoms with Gasteiger partial charge in [-0.05, 0) is 102 Å². The number of primary amides is 2. The maximum Gasteiger partial charge on any atom is 0.342 e. The number of aliphatic hydroxyl groups excluding tert-OH is 1. The van der Waals surface area contributed by atoms with Crippen molar-refractivity contribution in [2.24, 2.45) is 34.4 Å². The second-order valence-electron chi connectivity index (χ2n) is 27.0. The summed E-state index contributed by atoms with van der Waals surface area (Å²) in [6, 6.07) is -22.6. The fourth-order valence-corrected chi connectivity index (χ4v) is 11.6. The van der Waals surface area contributed by atoms with Crippen LogP contribution in [0.4, 0.5) is 5.82 Å². The van der Waals surface area contributed by atoms with Gasteiger partial charge in [-0.1, -0.05) is 0 Å². The van der Waals surface area contributed by atoms with Gasteiger partial charge in [0.25, 0.3) is 0 Å². The summed E-state index contributed by atoms with van der Waals surface area (Å²) in [6.45, 7) is 0.272. The molecular weight excluding hydrogens is 1670 g/mol. The number of nitrogens with two attached hydrogens (primary N) is 6. The highest BCUT2D eigenvalue weighted by molar-refractivity contribution is 7.80. The van der Waals surface area contributed by atoms with E-state index >= 15 is 0 Å². The summed E-state index contributed by atoms with van der Waals surface area (Å²) < 4.78 is 1.21. The van der Waals surface area contributed by atoms with Crippen LogP contribution in [0.25, 0.3) is 0 Å². The third kappa shape index (κ3) is 42.6. The van der Waals surface area contributed by atoms with Gasteiger partial charge in [-0.2, -0.15) is 37.9 Å². The molecule has 0 bridgehead atoms. The number of nitrogens with one attached hydrogen (secondary N) is 16. The van der Waals surface area contributed by atoms with Crippen LogP contribution in [0.3, 0.4) is 0 Å². The zero-order valence-corrected chi connectivity index (χ0v) is 68.8. The summed E-state index contributed by atoms with van der Waals surface area (Å²) >= 11 is 12.3. The maximum atomic E-state index is 14.1. The van der Waals surface area contributed by atoms with Gasteiger partial charge in [0.05, 0.1) is 50.5 Å². The predicted octanol–water partition coefficient (Wildman–Crippen LogP) is -12.5. The molecule has 0 radical (unpaired) electrons. The van der Waals surface area contributed by atoms with E-state index in [1.54, 1.807) is 0 Å². The third-order valence-electron chi connectivity index (χ3n) is 17.4. The summed E-state index contributed by atoms with van der Waals surface area (Å²) in [6.07, 6.45) is -6.56. The molecule has 0 aromatic carbocycles. The Morgan fingerprint density at radius 3 is 1.36 bits per heavy atom. The molecule has 1 heterocycles. The summed E-state index contributed by atoms with van der Waals surface area (Å²) in [5, 5.41) is 82.9. The van der Waals surface area contributed by atoms with Gasteiger partial charge < -0.3 is 118 Å². The number of hydrogen-bond donors (Lipinski definition) is 30. The third-order valence-corrected chi connectivity index (χ3v) is 18.5. The first kappa shape index (κ1) is 109. The molecule has 1 aromatic heterocycles. The van der Waals surface area contributed by atoms with E-state index in [0.717, 1.165) is 13.1 Å². The number of aliphatic carboxylic acids is 4. The molecule has 0 saturated carbocycles. The summed E-state index contributed by atoms with van der Waals surface area (Å²) in [4.78, 5) is 278. The number of ketones is 5. The molecule has 11 amide bonds. The predicted molar refractivity (Wildman–Crippen MR) is 430 cm³/mol. The maximum absolute atomic E-state index is 14.1. The van der Waals surface area contributed by atoms with Crippen LogP contribution in [0.1, 0.15) is 122 Å². The van der Waals surface area contributed by atoms with Crippen molar-refractivity contribution in [1.82, 2.24) is 95.3 Å². The normalized spacial score (nSPS) is 14.4. The standard InChI is InChI=1S/C66H111N25O27S3/c1-31(93)33(12-15-50(97)98)78-65(116)45(30-121)84-63(114)41(24-53(103)104)88-86-36(10-7-19-73-66(71)72)59(110)83-43(28-119)57(108)56(107)42(27-92)89-87-38(11-14-46(69)94)61(112)80-35(9-4-6-18-68)58(109)75-25-48(96)77-44(29-120)64(115)81-39(22-47(70)95)55(106)54(105)34(8-3-5-17-67)79-62(113)40(23-52(101)102)82-60(111)37(13-16-51(99)100)85-76-20-21-90-32(2)74-26-49(90)91(117)118/h26,33-45,66,73,76,85-89,92,119-121H,3-25,27-30,67-68,71-72H2,1-2H3,(H2,69,94)(H2,70,95)(H,75,109)(H,77,96)(H,78,116)(H,79,113)(H,80,112)(H,81,115)(H,82,111)(H,83,110)(H,84,114)(H,97,98)(H,99,100)(H,101,102)(H,103,104)/t33-,34-,35-,36-,37-,38-,39-,40-,41-,42-,43-,44-,45-/m0/s1. The van der Waals surface area contributed by atoms with Crippen LogP contribution in [0.5, 0.6) is 0 Å². The van der Waals surface area contributed by atoms with E-state index in [4.69, 9.17) is 39.5 Å². The number of aromatic nitrogens is 2. The quantitative estimate of drug-likeness (QED) is 0.00719. The van der Waals surface area contributed by atoms with Gasteiger partial charge in [-0.15, -0.1) is 0 Å². The lowest BCUT2D eigenvalue weighted by atomic mass is 9.95. The number of Topliss-reactive ketones (excluding diaryl/α,β-unsaturated/α-hetero) is 5. The Morgan fingerprint density at radius 2 is 0.860 bits per heavy atom. The zero-order chi connectivity index (χ0) is 91.8. The Bertz CT molecular complexity index is 3750. The highest BCUT2D eigenvalue weighted by atomic mass is 32.1. The smallest absolute Gasteiger partial charge is 0.342 e. The minimum Gasteiger partial charge on any atom is -0.481 e. The van der Waals surface area contributed by atoms with Gasteiger partial charge in [0, 0.05) is 50.0 Å². The van der Waals surface area contributed by atoms with Crippen molar-refractivity contribution in [3.05, 3.63) is 22.1 Å². The van der Waals surface area contributed by atoms with E-state index in [-0.39, 0.29) is 95.7 Å². The Kier molecular flexibility index (Phi) is 52.5. The fourth-order valence-electron chi connectivity index (χ4n) is 10.8. The molecule has 0 unspecified atom stereocenters. The van der Waals surface area contributed by atoms with Gasteiger partial charge in [0.1, 0.15) is 79.4 Å². The molecule has 1 rings (SSSR count). The molecule has 0 aliphatic carbocycles. The van der Waals surface area contributed by atoms with Crippen molar-refractivity contribution >= 4 is 161 Å². The Balaban J connectivity index is 3.43. The first-order chi connectivity index (χ1) is 57.0. The zero-order valence-electron chi connectivity index (χ0n) is 66.1. The molecule has 680 valence electrons. The molecule has 33 N–H and O–H groups in total. The van der Waals surface area contributed by atoms with Crippen LogP contribution in [0, 0.1) is 17.0 Å². The SMILES string of the molecule is CC(=O)[C@H](CCC(=O)O)NC(=O)[C@H](CS)NC(=O)[C@H](CC(=O)O)NN[C@@H](CCCNC(N)N)C(=O)N[C@@H](CS)C(=O)C(=O)[C@H](CO)NN[C@@H](CCC(N)=O)C(=O)N[C@@H](CCCCN)C(=O)NCC(=O)N[C@@H](CS)C(=O)N[C@@H](CC(N)=O)C(=O)C(=O)[C@H](CCCCN)NC(=O)[C@H](CC(=O)O)NC(=O)[C@H](CCC(=O)O)NNCCn1c([N+](=O)[O-])cnc1C. The highest BCUT2D eigenvalue weighted by Crippen LogP contribution is 2.15. The molecule has 0 fully saturated rings. The number of nitrogens with zero attached hydrogens (tertiary/aromatic N) is 3. The number of carboxylic acids is 4. The molecule has 55 heteroatoms. The average Bonchev–Trinajstić information content (AvgIpc) is 1.47. The monoisotopic (exact) mass is 1780 g/mol. The first-order valence-corrected chi connectivity index (χ1v) is 39.5. The summed E-state index contributed by atoms with van der Waals surface area (Å²) in [5.74, 6) is -26.9. The number of amides is 11. The Labute approximate surface area is 707 Å². The summed E-state index contributed by atoms with van der Waals surface area (Å²) in [7, 11) is 0. The molecule has 0 aliphatic heterocycles. The van der Waals surface area contributed by atoms with E-state index in [1.165, 1.54) is 11.5 Å². The molecule has 52 nitrogen and oxygen atoms in total. The molecule has 0 spiro atoms. The van der Waals surface area contributed by atoms with Crippen LogP contribution in [0.15, 0.2) is 6.20 Å². The topological polar surface area (TPSA) is 852 Å². The van der Waals surface area contributed by atoms with Gasteiger partial charge in [0.2, 0.25) is 88.1 Å². The Morgan fingerprint density at radius 1 is 0.455 bits per heavy atom. The number of carbonyl (C=O) groups excluding carboxylic acids is 16. The van der Waals surface area contributed by atoms with E-state index < -0.39 is 296 Å². The second kappa shape index (κ2) is 58.5. The molecule has 13 atom stereocenters. The number of rotatable bonds is 69. The van der Waals surface area contributed by atoms with Crippen LogP contribution in [0.2, 0.25) is 0 Å². The minimum absolute atomic E-state index is 0.00245. The second-order valence-corrected chi connectivity index (χ2v) is 28.1. The number of aryl methyl sites for hydroxylation is 1. The average molecular weight is 1780 g/mol. The van der Waals surface area contributed by atoms with Crippen molar-refractivity contribution in [2.45, 2.75) is 214 Å². The van der Waals surface area contributed by atoms with Crippen molar-refractivity contribution in [2.75, 3.05) is 56.6 Å². The number of unbranched alkanes of at least 4 members (excludes halogenated alkanes) is 2. The molecule has 1 aromatic rings. The van der Waals surface area contributed by atoms with E-state index in [1.807, 2.05) is 0 Å². The number of imidazole rings is 1. The van der Waals surface area contributed by atoms with Crippen molar-refractivity contribution < 1.29 is 126 Å². The van der Waals surface area contributed by atoms with Crippen LogP contribution in [-0.4, -0.2) is 299 Å².